The average molecular weight is 256 g/mol. The minimum Gasteiger partial charge on any atom is -0.360 e. The molecule has 0 aromatic heterocycles. The van der Waals surface area contributed by atoms with Gasteiger partial charge in [0.05, 0.1) is 17.6 Å². The lowest BCUT2D eigenvalue weighted by atomic mass is 10.1. The van der Waals surface area contributed by atoms with Gasteiger partial charge in [-0.3, -0.25) is 5.32 Å². The predicted molar refractivity (Wildman–Crippen MR) is 61.0 cm³/mol. The Kier molecular flexibility index (Phi) is 4.03. The van der Waals surface area contributed by atoms with Gasteiger partial charge >= 0.3 is 0 Å². The molecule has 2 heterocycles. The molecule has 6 heteroatoms. The standard InChI is InChI=1S/C9H17NO3S.ClH/c1-9(10-4-5-13-9)7-8-3-2-6-14(8,11)12;/h8,10H,2-7H2,1H3;1H. The zero-order valence-corrected chi connectivity index (χ0v) is 10.5. The topological polar surface area (TPSA) is 55.4 Å². The number of halogens is 1. The molecule has 1 N–H and O–H groups in total. The maximum atomic E-state index is 11.6. The summed E-state index contributed by atoms with van der Waals surface area (Å²) >= 11 is 0. The first-order chi connectivity index (χ1) is 6.52. The number of sulfone groups is 1. The van der Waals surface area contributed by atoms with E-state index >= 15 is 0 Å². The minimum atomic E-state index is -2.83. The maximum Gasteiger partial charge on any atom is 0.153 e. The van der Waals surface area contributed by atoms with Crippen molar-refractivity contribution in [3.8, 4) is 0 Å². The van der Waals surface area contributed by atoms with Crippen LogP contribution in [0.15, 0.2) is 0 Å². The van der Waals surface area contributed by atoms with E-state index in [9.17, 15) is 8.42 Å². The van der Waals surface area contributed by atoms with Crippen LogP contribution in [0.5, 0.6) is 0 Å². The quantitative estimate of drug-likeness (QED) is 0.790. The van der Waals surface area contributed by atoms with Crippen molar-refractivity contribution in [2.24, 2.45) is 0 Å². The molecule has 90 valence electrons. The van der Waals surface area contributed by atoms with Crippen molar-refractivity contribution < 1.29 is 13.2 Å². The van der Waals surface area contributed by atoms with Gasteiger partial charge < -0.3 is 4.74 Å². The van der Waals surface area contributed by atoms with Crippen LogP contribution >= 0.6 is 12.4 Å². The van der Waals surface area contributed by atoms with E-state index in [1.807, 2.05) is 6.92 Å². The molecule has 2 rings (SSSR count). The fraction of sp³-hybridized carbons (Fsp3) is 1.00. The summed E-state index contributed by atoms with van der Waals surface area (Å²) in [6, 6.07) is 0. The van der Waals surface area contributed by atoms with Crippen molar-refractivity contribution in [2.45, 2.75) is 37.2 Å². The molecule has 0 bridgehead atoms. The van der Waals surface area contributed by atoms with Crippen LogP contribution in [0.1, 0.15) is 26.2 Å². The number of hydrogen-bond acceptors (Lipinski definition) is 4. The summed E-state index contributed by atoms with van der Waals surface area (Å²) in [5.74, 6) is 0.355. The number of rotatable bonds is 2. The van der Waals surface area contributed by atoms with Crippen LogP contribution in [0.25, 0.3) is 0 Å². The Morgan fingerprint density at radius 2 is 2.27 bits per heavy atom. The third kappa shape index (κ3) is 2.84. The summed E-state index contributed by atoms with van der Waals surface area (Å²) in [6.45, 7) is 3.44. The highest BCUT2D eigenvalue weighted by molar-refractivity contribution is 7.92. The van der Waals surface area contributed by atoms with Crippen LogP contribution in [0.4, 0.5) is 0 Å². The normalized spacial score (nSPS) is 38.9. The Hall–Kier alpha value is 0.160. The lowest BCUT2D eigenvalue weighted by Crippen LogP contribution is -2.41. The van der Waals surface area contributed by atoms with Crippen LogP contribution in [0.2, 0.25) is 0 Å². The molecule has 0 aliphatic carbocycles. The molecule has 0 aromatic rings. The molecule has 2 fully saturated rings. The van der Waals surface area contributed by atoms with Crippen molar-refractivity contribution in [3.05, 3.63) is 0 Å². The van der Waals surface area contributed by atoms with Gasteiger partial charge in [-0.05, 0) is 19.8 Å². The van der Waals surface area contributed by atoms with Crippen molar-refractivity contribution >= 4 is 22.2 Å². The lowest BCUT2D eigenvalue weighted by molar-refractivity contribution is -0.00122. The van der Waals surface area contributed by atoms with Gasteiger partial charge in [0.25, 0.3) is 0 Å². The van der Waals surface area contributed by atoms with E-state index in [1.165, 1.54) is 0 Å². The van der Waals surface area contributed by atoms with E-state index in [0.29, 0.717) is 18.8 Å². The van der Waals surface area contributed by atoms with Crippen LogP contribution in [-0.2, 0) is 14.6 Å². The Balaban J connectivity index is 0.00000112. The van der Waals surface area contributed by atoms with E-state index in [0.717, 1.165) is 19.4 Å². The average Bonchev–Trinajstić information content (AvgIpc) is 2.61. The first-order valence-electron chi connectivity index (χ1n) is 5.12. The van der Waals surface area contributed by atoms with E-state index in [1.54, 1.807) is 0 Å². The molecule has 0 amide bonds. The first kappa shape index (κ1) is 13.2. The Bertz CT molecular complexity index is 311. The Morgan fingerprint density at radius 3 is 2.73 bits per heavy atom. The zero-order chi connectivity index (χ0) is 10.2. The second kappa shape index (κ2) is 4.57. The smallest absolute Gasteiger partial charge is 0.153 e. The van der Waals surface area contributed by atoms with E-state index in [4.69, 9.17) is 4.74 Å². The van der Waals surface area contributed by atoms with Gasteiger partial charge in [-0.25, -0.2) is 8.42 Å². The maximum absolute atomic E-state index is 11.6. The largest absolute Gasteiger partial charge is 0.360 e. The number of ether oxygens (including phenoxy) is 1. The van der Waals surface area contributed by atoms with Gasteiger partial charge in [-0.15, -0.1) is 12.4 Å². The highest BCUT2D eigenvalue weighted by atomic mass is 35.5. The van der Waals surface area contributed by atoms with Crippen molar-refractivity contribution in [3.63, 3.8) is 0 Å². The summed E-state index contributed by atoms with van der Waals surface area (Å²) in [5.41, 5.74) is -0.415. The van der Waals surface area contributed by atoms with Gasteiger partial charge in [0.2, 0.25) is 0 Å². The molecule has 2 aliphatic heterocycles. The second-order valence-corrected chi connectivity index (χ2v) is 6.74. The summed E-state index contributed by atoms with van der Waals surface area (Å²) in [7, 11) is -2.83. The molecule has 0 radical (unpaired) electrons. The highest BCUT2D eigenvalue weighted by Crippen LogP contribution is 2.29. The molecule has 0 aromatic carbocycles. The van der Waals surface area contributed by atoms with Crippen LogP contribution in [0, 0.1) is 0 Å². The molecule has 2 aliphatic rings. The van der Waals surface area contributed by atoms with E-state index in [-0.39, 0.29) is 17.7 Å². The van der Waals surface area contributed by atoms with E-state index < -0.39 is 15.6 Å². The molecular formula is C9H18ClNO3S. The number of nitrogens with one attached hydrogen (secondary N) is 1. The minimum absolute atomic E-state index is 0. The molecule has 2 unspecified atom stereocenters. The van der Waals surface area contributed by atoms with Gasteiger partial charge in [0, 0.05) is 13.0 Å². The van der Waals surface area contributed by atoms with Crippen LogP contribution in [0.3, 0.4) is 0 Å². The lowest BCUT2D eigenvalue weighted by Gasteiger charge is -2.26. The van der Waals surface area contributed by atoms with Gasteiger partial charge in [-0.2, -0.15) is 0 Å². The molecular weight excluding hydrogens is 238 g/mol. The molecule has 0 spiro atoms. The molecule has 0 saturated carbocycles. The fourth-order valence-electron chi connectivity index (χ4n) is 2.30. The third-order valence-corrected chi connectivity index (χ3v) is 5.38. The van der Waals surface area contributed by atoms with E-state index in [2.05, 4.69) is 5.32 Å². The monoisotopic (exact) mass is 255 g/mol. The summed E-state index contributed by atoms with van der Waals surface area (Å²) < 4.78 is 28.7. The second-order valence-electron chi connectivity index (χ2n) is 4.34. The van der Waals surface area contributed by atoms with Crippen LogP contribution < -0.4 is 5.32 Å². The zero-order valence-electron chi connectivity index (χ0n) is 8.86. The Morgan fingerprint density at radius 1 is 1.53 bits per heavy atom. The molecule has 2 atom stereocenters. The van der Waals surface area contributed by atoms with Gasteiger partial charge in [-0.1, -0.05) is 0 Å². The van der Waals surface area contributed by atoms with Crippen molar-refractivity contribution in [2.75, 3.05) is 18.9 Å². The molecule has 2 saturated heterocycles. The SMILES string of the molecule is CC1(CC2CCCS2(=O)=O)NCCO1.Cl. The fourth-order valence-corrected chi connectivity index (χ4v) is 4.30. The molecule has 15 heavy (non-hydrogen) atoms. The van der Waals surface area contributed by atoms with Crippen molar-refractivity contribution in [1.82, 2.24) is 5.32 Å². The summed E-state index contributed by atoms with van der Waals surface area (Å²) in [5, 5.41) is 3.01. The molecule has 4 nitrogen and oxygen atoms in total. The predicted octanol–water partition coefficient (Wildman–Crippen LogP) is 0.711. The first-order valence-corrected chi connectivity index (χ1v) is 6.84. The van der Waals surface area contributed by atoms with Gasteiger partial charge in [0.1, 0.15) is 5.72 Å². The van der Waals surface area contributed by atoms with Crippen LogP contribution in [-0.4, -0.2) is 38.3 Å². The summed E-state index contributed by atoms with van der Waals surface area (Å²) in [6.07, 6.45) is 2.20. The highest BCUT2D eigenvalue weighted by Gasteiger charge is 2.39. The Labute approximate surface area is 97.1 Å². The summed E-state index contributed by atoms with van der Waals surface area (Å²) in [4.78, 5) is 0. The van der Waals surface area contributed by atoms with Gasteiger partial charge in [0.15, 0.2) is 9.84 Å². The third-order valence-electron chi connectivity index (χ3n) is 3.10. The van der Waals surface area contributed by atoms with Crippen molar-refractivity contribution in [1.29, 1.82) is 0 Å². The number of hydrogen-bond donors (Lipinski definition) is 1.